The van der Waals surface area contributed by atoms with Crippen LogP contribution in [0.15, 0.2) is 47.3 Å². The van der Waals surface area contributed by atoms with E-state index in [1.807, 2.05) is 35.7 Å². The highest BCUT2D eigenvalue weighted by Crippen LogP contribution is 2.23. The van der Waals surface area contributed by atoms with Gasteiger partial charge in [-0.15, -0.1) is 22.7 Å². The first-order valence-electron chi connectivity index (χ1n) is 5.55. The standard InChI is InChI=1S/C13H9N3OS2/c17-11(16-13-14-6-7-18-13)10-8-19-12(15-10)9-4-2-1-3-5-9/h1-8H,(H,14,16,17). The van der Waals surface area contributed by atoms with Crippen LogP contribution in [0.2, 0.25) is 0 Å². The summed E-state index contributed by atoms with van der Waals surface area (Å²) in [4.78, 5) is 20.3. The Hall–Kier alpha value is -2.05. The fraction of sp³-hybridized carbons (Fsp3) is 0. The van der Waals surface area contributed by atoms with Crippen molar-refractivity contribution in [3.05, 3.63) is 53.0 Å². The fourth-order valence-electron chi connectivity index (χ4n) is 1.54. The van der Waals surface area contributed by atoms with E-state index in [1.165, 1.54) is 22.7 Å². The zero-order valence-electron chi connectivity index (χ0n) is 9.74. The van der Waals surface area contributed by atoms with Crippen molar-refractivity contribution in [2.24, 2.45) is 0 Å². The third-order valence-corrected chi connectivity index (χ3v) is 3.99. The van der Waals surface area contributed by atoms with Crippen molar-refractivity contribution in [3.63, 3.8) is 0 Å². The lowest BCUT2D eigenvalue weighted by molar-refractivity contribution is 0.102. The van der Waals surface area contributed by atoms with Gasteiger partial charge >= 0.3 is 0 Å². The van der Waals surface area contributed by atoms with E-state index in [0.29, 0.717) is 10.8 Å². The second-order valence-corrected chi connectivity index (χ2v) is 5.45. The number of nitrogens with zero attached hydrogens (tertiary/aromatic N) is 2. The minimum Gasteiger partial charge on any atom is -0.296 e. The van der Waals surface area contributed by atoms with Gasteiger partial charge in [-0.05, 0) is 0 Å². The van der Waals surface area contributed by atoms with Crippen LogP contribution in [0.25, 0.3) is 10.6 Å². The van der Waals surface area contributed by atoms with Crippen molar-refractivity contribution in [3.8, 4) is 10.6 Å². The molecule has 0 atom stereocenters. The van der Waals surface area contributed by atoms with Gasteiger partial charge in [-0.3, -0.25) is 10.1 Å². The van der Waals surface area contributed by atoms with E-state index in [-0.39, 0.29) is 5.91 Å². The Kier molecular flexibility index (Phi) is 3.35. The summed E-state index contributed by atoms with van der Waals surface area (Å²) in [5.41, 5.74) is 1.43. The third kappa shape index (κ3) is 2.69. The average Bonchev–Trinajstić information content (AvgIpc) is 3.10. The van der Waals surface area contributed by atoms with Crippen molar-refractivity contribution in [1.82, 2.24) is 9.97 Å². The third-order valence-electron chi connectivity index (χ3n) is 2.41. The molecule has 2 heterocycles. The Bertz CT molecular complexity index is 677. The van der Waals surface area contributed by atoms with Gasteiger partial charge in [0.25, 0.3) is 5.91 Å². The topological polar surface area (TPSA) is 54.9 Å². The van der Waals surface area contributed by atoms with Gasteiger partial charge in [0.05, 0.1) is 0 Å². The molecule has 1 N–H and O–H groups in total. The zero-order valence-corrected chi connectivity index (χ0v) is 11.4. The van der Waals surface area contributed by atoms with E-state index >= 15 is 0 Å². The van der Waals surface area contributed by atoms with Gasteiger partial charge in [0, 0.05) is 22.5 Å². The van der Waals surface area contributed by atoms with E-state index in [9.17, 15) is 4.79 Å². The molecule has 1 amide bonds. The molecule has 0 unspecified atom stereocenters. The molecule has 0 aliphatic carbocycles. The maximum atomic E-state index is 12.0. The molecule has 0 saturated carbocycles. The molecular weight excluding hydrogens is 278 g/mol. The average molecular weight is 287 g/mol. The molecule has 0 spiro atoms. The second-order valence-electron chi connectivity index (χ2n) is 3.70. The molecule has 0 aliphatic rings. The minimum atomic E-state index is -0.228. The molecule has 2 aromatic heterocycles. The number of hydrogen-bond donors (Lipinski definition) is 1. The second kappa shape index (κ2) is 5.29. The zero-order chi connectivity index (χ0) is 13.1. The number of carbonyl (C=O) groups excluding carboxylic acids is 1. The first-order chi connectivity index (χ1) is 9.33. The monoisotopic (exact) mass is 287 g/mol. The predicted octanol–water partition coefficient (Wildman–Crippen LogP) is 3.52. The molecule has 3 aromatic rings. The molecule has 0 radical (unpaired) electrons. The highest BCUT2D eigenvalue weighted by molar-refractivity contribution is 7.14. The van der Waals surface area contributed by atoms with Gasteiger partial charge in [-0.1, -0.05) is 30.3 Å². The molecule has 94 valence electrons. The molecule has 0 bridgehead atoms. The summed E-state index contributed by atoms with van der Waals surface area (Å²) in [6.45, 7) is 0. The number of rotatable bonds is 3. The lowest BCUT2D eigenvalue weighted by Crippen LogP contribution is -2.11. The predicted molar refractivity (Wildman–Crippen MR) is 77.6 cm³/mol. The summed E-state index contributed by atoms with van der Waals surface area (Å²) >= 11 is 2.84. The summed E-state index contributed by atoms with van der Waals surface area (Å²) in [6, 6.07) is 9.80. The number of aromatic nitrogens is 2. The highest BCUT2D eigenvalue weighted by Gasteiger charge is 2.12. The van der Waals surface area contributed by atoms with E-state index in [4.69, 9.17) is 0 Å². The number of hydrogen-bond acceptors (Lipinski definition) is 5. The highest BCUT2D eigenvalue weighted by atomic mass is 32.1. The molecule has 19 heavy (non-hydrogen) atoms. The van der Waals surface area contributed by atoms with Crippen molar-refractivity contribution in [2.75, 3.05) is 5.32 Å². The molecular formula is C13H9N3OS2. The molecule has 6 heteroatoms. The van der Waals surface area contributed by atoms with Gasteiger partial charge in [0.2, 0.25) is 0 Å². The molecule has 0 saturated heterocycles. The lowest BCUT2D eigenvalue weighted by Gasteiger charge is -1.97. The lowest BCUT2D eigenvalue weighted by atomic mass is 10.2. The number of benzene rings is 1. The van der Waals surface area contributed by atoms with Gasteiger partial charge in [-0.25, -0.2) is 9.97 Å². The quantitative estimate of drug-likeness (QED) is 0.802. The Labute approximate surface area is 117 Å². The Morgan fingerprint density at radius 3 is 2.74 bits per heavy atom. The summed E-state index contributed by atoms with van der Waals surface area (Å²) in [5.74, 6) is -0.228. The fourth-order valence-corrected chi connectivity index (χ4v) is 2.87. The number of anilines is 1. The first-order valence-corrected chi connectivity index (χ1v) is 7.30. The maximum absolute atomic E-state index is 12.0. The van der Waals surface area contributed by atoms with Gasteiger partial charge in [0.1, 0.15) is 10.7 Å². The van der Waals surface area contributed by atoms with Crippen LogP contribution in [-0.4, -0.2) is 15.9 Å². The van der Waals surface area contributed by atoms with Crippen molar-refractivity contribution in [2.45, 2.75) is 0 Å². The number of carbonyl (C=O) groups is 1. The summed E-state index contributed by atoms with van der Waals surface area (Å²) in [6.07, 6.45) is 1.65. The first kappa shape index (κ1) is 12.0. The molecule has 3 rings (SSSR count). The van der Waals surface area contributed by atoms with Crippen LogP contribution >= 0.6 is 22.7 Å². The Morgan fingerprint density at radius 1 is 1.16 bits per heavy atom. The van der Waals surface area contributed by atoms with Crippen LogP contribution in [0, 0.1) is 0 Å². The SMILES string of the molecule is O=C(Nc1nccs1)c1csc(-c2ccccc2)n1. The number of amides is 1. The Balaban J connectivity index is 1.80. The number of nitrogens with one attached hydrogen (secondary N) is 1. The van der Waals surface area contributed by atoms with E-state index in [0.717, 1.165) is 10.6 Å². The van der Waals surface area contributed by atoms with Crippen LogP contribution in [0.5, 0.6) is 0 Å². The normalized spacial score (nSPS) is 10.3. The van der Waals surface area contributed by atoms with E-state index in [1.54, 1.807) is 11.6 Å². The van der Waals surface area contributed by atoms with Crippen LogP contribution in [-0.2, 0) is 0 Å². The molecule has 0 fully saturated rings. The molecule has 1 aromatic carbocycles. The van der Waals surface area contributed by atoms with Gasteiger partial charge < -0.3 is 0 Å². The maximum Gasteiger partial charge on any atom is 0.276 e. The minimum absolute atomic E-state index is 0.228. The van der Waals surface area contributed by atoms with Crippen LogP contribution in [0.1, 0.15) is 10.5 Å². The molecule has 0 aliphatic heterocycles. The van der Waals surface area contributed by atoms with Crippen LogP contribution < -0.4 is 5.32 Å². The number of thiazole rings is 2. The van der Waals surface area contributed by atoms with Crippen molar-refractivity contribution in [1.29, 1.82) is 0 Å². The van der Waals surface area contributed by atoms with Crippen molar-refractivity contribution < 1.29 is 4.79 Å². The molecule has 4 nitrogen and oxygen atoms in total. The van der Waals surface area contributed by atoms with Gasteiger partial charge in [0.15, 0.2) is 5.13 Å². The van der Waals surface area contributed by atoms with E-state index in [2.05, 4.69) is 15.3 Å². The van der Waals surface area contributed by atoms with E-state index < -0.39 is 0 Å². The smallest absolute Gasteiger partial charge is 0.276 e. The summed E-state index contributed by atoms with van der Waals surface area (Å²) in [7, 11) is 0. The van der Waals surface area contributed by atoms with Crippen LogP contribution in [0.3, 0.4) is 0 Å². The Morgan fingerprint density at radius 2 is 2.00 bits per heavy atom. The van der Waals surface area contributed by atoms with Crippen molar-refractivity contribution >= 4 is 33.7 Å². The summed E-state index contributed by atoms with van der Waals surface area (Å²) < 4.78 is 0. The van der Waals surface area contributed by atoms with Crippen LogP contribution in [0.4, 0.5) is 5.13 Å². The largest absolute Gasteiger partial charge is 0.296 e. The summed E-state index contributed by atoms with van der Waals surface area (Å²) in [5, 5.41) is 7.70. The van der Waals surface area contributed by atoms with Gasteiger partial charge in [-0.2, -0.15) is 0 Å².